The van der Waals surface area contributed by atoms with Crippen LogP contribution in [0.15, 0.2) is 42.5 Å². The number of Topliss-reactive ketones (excluding diaryl/α,β-unsaturated/α-hetero) is 1. The number of esters is 1. The van der Waals surface area contributed by atoms with Gasteiger partial charge in [0.15, 0.2) is 5.78 Å². The van der Waals surface area contributed by atoms with Gasteiger partial charge >= 0.3 is 5.97 Å². The highest BCUT2D eigenvalue weighted by Crippen LogP contribution is 2.43. The van der Waals surface area contributed by atoms with Crippen LogP contribution >= 0.6 is 0 Å². The molecule has 0 radical (unpaired) electrons. The van der Waals surface area contributed by atoms with Crippen molar-refractivity contribution >= 4 is 11.8 Å². The molecule has 0 fully saturated rings. The van der Waals surface area contributed by atoms with Gasteiger partial charge in [-0.25, -0.2) is 0 Å². The Balaban J connectivity index is 2.13. The maximum atomic E-state index is 13.2. The lowest BCUT2D eigenvalue weighted by Gasteiger charge is -2.24. The Morgan fingerprint density at radius 3 is 2.35 bits per heavy atom. The predicted molar refractivity (Wildman–Crippen MR) is 88.5 cm³/mol. The number of hydrogen-bond donors (Lipinski definition) is 0. The summed E-state index contributed by atoms with van der Waals surface area (Å²) >= 11 is 0. The number of ketones is 1. The molecule has 0 bridgehead atoms. The molecule has 1 atom stereocenters. The number of fused-ring (bicyclic) bond motifs is 1. The van der Waals surface area contributed by atoms with Crippen molar-refractivity contribution in [1.82, 2.24) is 0 Å². The first-order chi connectivity index (χ1) is 11.0. The van der Waals surface area contributed by atoms with Crippen molar-refractivity contribution in [3.63, 3.8) is 0 Å². The van der Waals surface area contributed by atoms with Gasteiger partial charge in [0.2, 0.25) is 0 Å². The molecule has 23 heavy (non-hydrogen) atoms. The molecule has 3 heteroatoms. The van der Waals surface area contributed by atoms with E-state index < -0.39 is 11.4 Å². The maximum Gasteiger partial charge on any atom is 0.320 e. The molecular weight excluding hydrogens is 288 g/mol. The number of aryl methyl sites for hydroxylation is 2. The monoisotopic (exact) mass is 308 g/mol. The molecule has 2 aromatic carbocycles. The summed E-state index contributed by atoms with van der Waals surface area (Å²) in [6.45, 7) is 3.91. The fourth-order valence-corrected chi connectivity index (χ4v) is 3.55. The van der Waals surface area contributed by atoms with Crippen LogP contribution in [0, 0.1) is 19.3 Å². The Kier molecular flexibility index (Phi) is 3.80. The van der Waals surface area contributed by atoms with Gasteiger partial charge in [-0.05, 0) is 48.9 Å². The summed E-state index contributed by atoms with van der Waals surface area (Å²) in [6.07, 6.45) is 0.781. The normalized spacial score (nSPS) is 19.5. The highest BCUT2D eigenvalue weighted by atomic mass is 16.5. The molecule has 2 aromatic rings. The second-order valence-electron chi connectivity index (χ2n) is 6.29. The summed E-state index contributed by atoms with van der Waals surface area (Å²) in [7, 11) is 1.35. The minimum absolute atomic E-state index is 0.107. The van der Waals surface area contributed by atoms with Crippen LogP contribution in [0.25, 0.3) is 0 Å². The summed E-state index contributed by atoms with van der Waals surface area (Å²) in [5, 5.41) is 0. The largest absolute Gasteiger partial charge is 0.468 e. The zero-order valence-corrected chi connectivity index (χ0v) is 13.7. The van der Waals surface area contributed by atoms with Gasteiger partial charge in [0, 0.05) is 5.56 Å². The smallest absolute Gasteiger partial charge is 0.320 e. The van der Waals surface area contributed by atoms with Crippen LogP contribution in [0.4, 0.5) is 0 Å². The van der Waals surface area contributed by atoms with Gasteiger partial charge in [-0.3, -0.25) is 9.59 Å². The van der Waals surface area contributed by atoms with E-state index in [1.54, 1.807) is 0 Å². The van der Waals surface area contributed by atoms with E-state index in [-0.39, 0.29) is 5.78 Å². The van der Waals surface area contributed by atoms with E-state index in [1.807, 2.05) is 56.3 Å². The van der Waals surface area contributed by atoms with Crippen molar-refractivity contribution in [2.75, 3.05) is 7.11 Å². The van der Waals surface area contributed by atoms with Gasteiger partial charge in [-0.1, -0.05) is 42.5 Å². The topological polar surface area (TPSA) is 43.4 Å². The molecule has 0 aromatic heterocycles. The lowest BCUT2D eigenvalue weighted by molar-refractivity contribution is -0.149. The average molecular weight is 308 g/mol. The van der Waals surface area contributed by atoms with E-state index in [4.69, 9.17) is 4.74 Å². The number of hydrogen-bond acceptors (Lipinski definition) is 3. The highest BCUT2D eigenvalue weighted by molar-refractivity contribution is 6.17. The summed E-state index contributed by atoms with van der Waals surface area (Å²) in [5.41, 5.74) is 3.49. The third kappa shape index (κ3) is 2.37. The number of rotatable bonds is 3. The van der Waals surface area contributed by atoms with E-state index in [0.717, 1.165) is 22.3 Å². The number of benzene rings is 2. The van der Waals surface area contributed by atoms with Crippen molar-refractivity contribution < 1.29 is 14.3 Å². The van der Waals surface area contributed by atoms with Crippen LogP contribution in [0.2, 0.25) is 0 Å². The van der Waals surface area contributed by atoms with Gasteiger partial charge in [0.05, 0.1) is 7.11 Å². The summed E-state index contributed by atoms with van der Waals surface area (Å²) in [4.78, 5) is 25.8. The van der Waals surface area contributed by atoms with E-state index in [9.17, 15) is 9.59 Å². The van der Waals surface area contributed by atoms with Crippen molar-refractivity contribution in [2.24, 2.45) is 5.41 Å². The van der Waals surface area contributed by atoms with Crippen molar-refractivity contribution in [3.05, 3.63) is 70.3 Å². The molecule has 1 aliphatic rings. The number of carbonyl (C=O) groups is 2. The van der Waals surface area contributed by atoms with E-state index in [2.05, 4.69) is 0 Å². The third-order valence-corrected chi connectivity index (χ3v) is 4.82. The van der Waals surface area contributed by atoms with E-state index in [0.29, 0.717) is 18.4 Å². The minimum Gasteiger partial charge on any atom is -0.468 e. The third-order valence-electron chi connectivity index (χ3n) is 4.82. The Morgan fingerprint density at radius 1 is 1.09 bits per heavy atom. The molecule has 0 N–H and O–H groups in total. The lowest BCUT2D eigenvalue weighted by atomic mass is 9.77. The molecule has 0 amide bonds. The molecule has 3 nitrogen and oxygen atoms in total. The first kappa shape index (κ1) is 15.5. The minimum atomic E-state index is -1.14. The molecule has 0 heterocycles. The molecule has 118 valence electrons. The van der Waals surface area contributed by atoms with E-state index in [1.165, 1.54) is 7.11 Å². The number of methoxy groups -OCH3 is 1. The summed E-state index contributed by atoms with van der Waals surface area (Å²) in [6, 6.07) is 13.6. The second kappa shape index (κ2) is 5.65. The molecular formula is C20H20O3. The zero-order valence-electron chi connectivity index (χ0n) is 13.7. The second-order valence-corrected chi connectivity index (χ2v) is 6.29. The van der Waals surface area contributed by atoms with Gasteiger partial charge in [0.25, 0.3) is 0 Å². The quantitative estimate of drug-likeness (QED) is 0.644. The Hall–Kier alpha value is -2.42. The Bertz CT molecular complexity index is 777. The molecule has 3 rings (SSSR count). The zero-order chi connectivity index (χ0) is 16.6. The first-order valence-electron chi connectivity index (χ1n) is 7.76. The first-order valence-corrected chi connectivity index (χ1v) is 7.76. The molecule has 0 aliphatic heterocycles. The van der Waals surface area contributed by atoms with Gasteiger partial charge in [-0.2, -0.15) is 0 Å². The van der Waals surface area contributed by atoms with Crippen molar-refractivity contribution in [2.45, 2.75) is 26.7 Å². The SMILES string of the molecule is COC(=O)[C@]1(Cc2ccccc2)Cc2c(C)ccc(C)c2C1=O. The summed E-state index contributed by atoms with van der Waals surface area (Å²) in [5.74, 6) is -0.550. The van der Waals surface area contributed by atoms with Crippen molar-refractivity contribution in [3.8, 4) is 0 Å². The van der Waals surface area contributed by atoms with Crippen molar-refractivity contribution in [1.29, 1.82) is 0 Å². The molecule has 0 spiro atoms. The van der Waals surface area contributed by atoms with Gasteiger partial charge in [0.1, 0.15) is 5.41 Å². The number of ether oxygens (including phenoxy) is 1. The molecule has 0 saturated carbocycles. The van der Waals surface area contributed by atoms with Gasteiger partial charge in [-0.15, -0.1) is 0 Å². The van der Waals surface area contributed by atoms with Crippen LogP contribution in [-0.2, 0) is 22.4 Å². The maximum absolute atomic E-state index is 13.2. The molecule has 1 aliphatic carbocycles. The van der Waals surface area contributed by atoms with Crippen LogP contribution in [0.3, 0.4) is 0 Å². The fraction of sp³-hybridized carbons (Fsp3) is 0.300. The van der Waals surface area contributed by atoms with Crippen LogP contribution in [0.1, 0.15) is 32.6 Å². The predicted octanol–water partition coefficient (Wildman–Crippen LogP) is 3.44. The average Bonchev–Trinajstić information content (AvgIpc) is 2.86. The Labute approximate surface area is 136 Å². The lowest BCUT2D eigenvalue weighted by Crippen LogP contribution is -2.40. The number of carbonyl (C=O) groups excluding carboxylic acids is 2. The standard InChI is InChI=1S/C20H20O3/c1-13-9-10-14(2)17-16(13)12-20(18(17)21,19(22)23-3)11-15-7-5-4-6-8-15/h4-10H,11-12H2,1-3H3/t20-/m1/s1. The fourth-order valence-electron chi connectivity index (χ4n) is 3.55. The Morgan fingerprint density at radius 2 is 1.74 bits per heavy atom. The van der Waals surface area contributed by atoms with Gasteiger partial charge < -0.3 is 4.74 Å². The van der Waals surface area contributed by atoms with Crippen LogP contribution < -0.4 is 0 Å². The van der Waals surface area contributed by atoms with E-state index >= 15 is 0 Å². The summed E-state index contributed by atoms with van der Waals surface area (Å²) < 4.78 is 5.03. The highest BCUT2D eigenvalue weighted by Gasteiger charge is 2.53. The molecule has 0 saturated heterocycles. The molecule has 0 unspecified atom stereocenters. The van der Waals surface area contributed by atoms with Crippen LogP contribution in [-0.4, -0.2) is 18.9 Å². The van der Waals surface area contributed by atoms with Crippen LogP contribution in [0.5, 0.6) is 0 Å².